The van der Waals surface area contributed by atoms with Gasteiger partial charge in [-0.2, -0.15) is 0 Å². The molecule has 0 bridgehead atoms. The minimum Gasteiger partial charge on any atom is -0.479 e. The molecular weight excluding hydrogens is 342 g/mol. The molecule has 2 aromatic rings. The largest absolute Gasteiger partial charge is 0.479 e. The maximum Gasteiger partial charge on any atom is 0.336 e. The molecule has 0 radical (unpaired) electrons. The molecule has 5 N–H and O–H groups in total. The fourth-order valence-corrected chi connectivity index (χ4v) is 2.00. The molecule has 138 valence electrons. The molecule has 0 aliphatic rings. The van der Waals surface area contributed by atoms with Crippen LogP contribution in [0.1, 0.15) is 12.8 Å². The summed E-state index contributed by atoms with van der Waals surface area (Å²) in [6.07, 6.45) is -1.80. The maximum absolute atomic E-state index is 11.9. The fourth-order valence-electron chi connectivity index (χ4n) is 2.00. The van der Waals surface area contributed by atoms with Gasteiger partial charge in [-0.1, -0.05) is 36.4 Å². The third kappa shape index (κ3) is 6.00. The molecule has 0 saturated carbocycles. The van der Waals surface area contributed by atoms with Gasteiger partial charge >= 0.3 is 17.9 Å². The van der Waals surface area contributed by atoms with Crippen LogP contribution in [0.5, 0.6) is 11.5 Å². The number of para-hydroxylation sites is 2. The zero-order valence-electron chi connectivity index (χ0n) is 13.8. The molecule has 0 amide bonds. The summed E-state index contributed by atoms with van der Waals surface area (Å²) >= 11 is 0. The number of aliphatic carboxylic acids is 1. The van der Waals surface area contributed by atoms with Gasteiger partial charge in [0.1, 0.15) is 11.5 Å². The highest BCUT2D eigenvalue weighted by molar-refractivity contribution is 5.89. The Balaban J connectivity index is 0.00000338. The van der Waals surface area contributed by atoms with Crippen molar-refractivity contribution in [3.63, 3.8) is 0 Å². The lowest BCUT2D eigenvalue weighted by Gasteiger charge is -2.21. The summed E-state index contributed by atoms with van der Waals surface area (Å²) in [4.78, 5) is 35.1. The second kappa shape index (κ2) is 9.30. The highest BCUT2D eigenvalue weighted by atomic mass is 16.5. The van der Waals surface area contributed by atoms with Gasteiger partial charge in [0, 0.05) is 0 Å². The number of hydrogen-bond donors (Lipinski definition) is 3. The van der Waals surface area contributed by atoms with Crippen molar-refractivity contribution in [2.45, 2.75) is 18.4 Å². The fraction of sp³-hybridized carbons (Fsp3) is 0.167. The Hall–Kier alpha value is -3.23. The monoisotopic (exact) mass is 361 g/mol. The molecule has 0 saturated heterocycles. The van der Waals surface area contributed by atoms with Crippen molar-refractivity contribution in [2.75, 3.05) is 0 Å². The van der Waals surface area contributed by atoms with Crippen LogP contribution >= 0.6 is 0 Å². The van der Waals surface area contributed by atoms with Crippen LogP contribution in [0.15, 0.2) is 60.7 Å². The molecule has 0 heterocycles. The SMILES string of the molecule is N.O=C(CC(O)(CC(=O)Oc1ccccc1)C(=O)O)Oc1ccccc1. The van der Waals surface area contributed by atoms with E-state index in [1.54, 1.807) is 36.4 Å². The molecule has 0 spiro atoms. The van der Waals surface area contributed by atoms with Gasteiger partial charge in [-0.15, -0.1) is 0 Å². The second-order valence-corrected chi connectivity index (χ2v) is 5.26. The van der Waals surface area contributed by atoms with Crippen LogP contribution in [0, 0.1) is 0 Å². The molecule has 2 rings (SSSR count). The number of esters is 2. The smallest absolute Gasteiger partial charge is 0.336 e. The summed E-state index contributed by atoms with van der Waals surface area (Å²) in [5.41, 5.74) is -2.63. The average molecular weight is 361 g/mol. The Kier molecular flexibility index (Phi) is 7.45. The minimum absolute atomic E-state index is 0. The lowest BCUT2D eigenvalue weighted by atomic mass is 9.96. The van der Waals surface area contributed by atoms with Gasteiger partial charge in [0.2, 0.25) is 0 Å². The average Bonchev–Trinajstić information content (AvgIpc) is 2.56. The number of rotatable bonds is 7. The van der Waals surface area contributed by atoms with E-state index in [4.69, 9.17) is 9.47 Å². The van der Waals surface area contributed by atoms with E-state index in [0.717, 1.165) is 0 Å². The first kappa shape index (κ1) is 20.8. The Morgan fingerprint density at radius 3 is 1.42 bits per heavy atom. The Morgan fingerprint density at radius 2 is 1.12 bits per heavy atom. The van der Waals surface area contributed by atoms with Gasteiger partial charge in [0.05, 0.1) is 12.8 Å². The molecule has 8 nitrogen and oxygen atoms in total. The van der Waals surface area contributed by atoms with Crippen molar-refractivity contribution < 1.29 is 34.1 Å². The topological polar surface area (TPSA) is 145 Å². The molecule has 8 heteroatoms. The zero-order valence-corrected chi connectivity index (χ0v) is 13.8. The molecule has 0 fully saturated rings. The molecule has 26 heavy (non-hydrogen) atoms. The number of carboxylic acids is 1. The van der Waals surface area contributed by atoms with Crippen LogP contribution < -0.4 is 15.6 Å². The lowest BCUT2D eigenvalue weighted by Crippen LogP contribution is -2.44. The number of carboxylic acid groups (broad SMARTS) is 1. The minimum atomic E-state index is -2.63. The van der Waals surface area contributed by atoms with Crippen LogP contribution in [0.25, 0.3) is 0 Å². The Bertz CT molecular complexity index is 691. The number of aliphatic hydroxyl groups is 1. The van der Waals surface area contributed by atoms with E-state index < -0.39 is 36.4 Å². The molecule has 0 unspecified atom stereocenters. The summed E-state index contributed by atoms with van der Waals surface area (Å²) in [5, 5.41) is 19.4. The number of hydrogen-bond acceptors (Lipinski definition) is 7. The third-order valence-corrected chi connectivity index (χ3v) is 3.22. The molecule has 0 atom stereocenters. The summed E-state index contributed by atoms with van der Waals surface area (Å²) in [5.74, 6) is -3.28. The van der Waals surface area contributed by atoms with Crippen molar-refractivity contribution in [1.29, 1.82) is 0 Å². The summed E-state index contributed by atoms with van der Waals surface area (Å²) in [6, 6.07) is 15.9. The van der Waals surface area contributed by atoms with E-state index in [-0.39, 0.29) is 17.6 Å². The van der Waals surface area contributed by atoms with Crippen molar-refractivity contribution in [3.05, 3.63) is 60.7 Å². The van der Waals surface area contributed by atoms with E-state index in [1.165, 1.54) is 24.3 Å². The first-order valence-corrected chi connectivity index (χ1v) is 7.36. The lowest BCUT2D eigenvalue weighted by molar-refractivity contribution is -0.169. The van der Waals surface area contributed by atoms with Crippen molar-refractivity contribution in [1.82, 2.24) is 6.15 Å². The van der Waals surface area contributed by atoms with Crippen molar-refractivity contribution in [3.8, 4) is 11.5 Å². The molecule has 0 aliphatic carbocycles. The third-order valence-electron chi connectivity index (χ3n) is 3.22. The van der Waals surface area contributed by atoms with Gasteiger partial charge in [0.25, 0.3) is 0 Å². The summed E-state index contributed by atoms with van der Waals surface area (Å²) in [6.45, 7) is 0. The number of carbonyl (C=O) groups is 3. The van der Waals surface area contributed by atoms with Gasteiger partial charge in [-0.3, -0.25) is 9.59 Å². The quantitative estimate of drug-likeness (QED) is 0.501. The van der Waals surface area contributed by atoms with Crippen molar-refractivity contribution in [2.24, 2.45) is 0 Å². The first-order valence-electron chi connectivity index (χ1n) is 7.36. The standard InChI is InChI=1S/C18H16O7.H3N/c19-15(24-13-7-3-1-4-8-13)11-18(23,17(21)22)12-16(20)25-14-9-5-2-6-10-14;/h1-10,23H,11-12H2,(H,21,22);1H3. The van der Waals surface area contributed by atoms with Crippen LogP contribution in [0.4, 0.5) is 0 Å². The number of benzene rings is 2. The normalized spacial score (nSPS) is 10.3. The zero-order chi connectivity index (χ0) is 18.3. The predicted octanol–water partition coefficient (Wildman–Crippen LogP) is 1.96. The van der Waals surface area contributed by atoms with E-state index in [0.29, 0.717) is 0 Å². The molecule has 0 aromatic heterocycles. The van der Waals surface area contributed by atoms with Gasteiger partial charge in [-0.25, -0.2) is 4.79 Å². The number of ether oxygens (including phenoxy) is 2. The Labute approximate surface area is 149 Å². The summed E-state index contributed by atoms with van der Waals surface area (Å²) < 4.78 is 9.89. The van der Waals surface area contributed by atoms with Crippen LogP contribution in [0.2, 0.25) is 0 Å². The number of carbonyl (C=O) groups excluding carboxylic acids is 2. The highest BCUT2D eigenvalue weighted by Crippen LogP contribution is 2.20. The first-order chi connectivity index (χ1) is 11.9. The van der Waals surface area contributed by atoms with E-state index in [9.17, 15) is 24.6 Å². The van der Waals surface area contributed by atoms with Crippen molar-refractivity contribution >= 4 is 17.9 Å². The molecule has 2 aromatic carbocycles. The van der Waals surface area contributed by atoms with Gasteiger partial charge in [-0.05, 0) is 24.3 Å². The highest BCUT2D eigenvalue weighted by Gasteiger charge is 2.42. The molecular formula is C18H19NO7. The Morgan fingerprint density at radius 1 is 0.769 bits per heavy atom. The van der Waals surface area contributed by atoms with Crippen LogP contribution in [-0.4, -0.2) is 33.7 Å². The van der Waals surface area contributed by atoms with E-state index in [2.05, 4.69) is 0 Å². The van der Waals surface area contributed by atoms with Gasteiger partial charge < -0.3 is 25.8 Å². The van der Waals surface area contributed by atoms with E-state index in [1.807, 2.05) is 0 Å². The van der Waals surface area contributed by atoms with Crippen LogP contribution in [0.3, 0.4) is 0 Å². The summed E-state index contributed by atoms with van der Waals surface area (Å²) in [7, 11) is 0. The predicted molar refractivity (Wildman–Crippen MR) is 91.0 cm³/mol. The van der Waals surface area contributed by atoms with Gasteiger partial charge in [0.15, 0.2) is 5.60 Å². The van der Waals surface area contributed by atoms with Crippen LogP contribution in [-0.2, 0) is 14.4 Å². The maximum atomic E-state index is 11.9. The molecule has 0 aliphatic heterocycles. The van der Waals surface area contributed by atoms with E-state index >= 15 is 0 Å². The second-order valence-electron chi connectivity index (χ2n) is 5.26.